The number of amides is 1. The van der Waals surface area contributed by atoms with Gasteiger partial charge in [0.25, 0.3) is 5.91 Å². The fourth-order valence-electron chi connectivity index (χ4n) is 5.58. The number of aryl methyl sites for hydroxylation is 1. The van der Waals surface area contributed by atoms with Crippen LogP contribution in [0.3, 0.4) is 0 Å². The lowest BCUT2D eigenvalue weighted by molar-refractivity contribution is -0.137. The summed E-state index contributed by atoms with van der Waals surface area (Å²) >= 11 is 0. The number of benzene rings is 3. The van der Waals surface area contributed by atoms with Crippen LogP contribution in [0.25, 0.3) is 33.3 Å². The van der Waals surface area contributed by atoms with Gasteiger partial charge >= 0.3 is 6.18 Å². The number of nitrogens with one attached hydrogen (secondary N) is 1. The first-order valence-corrected chi connectivity index (χ1v) is 14.7. The first kappa shape index (κ1) is 30.8. The van der Waals surface area contributed by atoms with Crippen LogP contribution in [0, 0.1) is 6.92 Å². The van der Waals surface area contributed by atoms with Crippen molar-refractivity contribution in [2.75, 3.05) is 31.2 Å². The number of phenols is 1. The number of carbonyl (C=O) groups is 1. The topological polar surface area (TPSA) is 126 Å². The van der Waals surface area contributed by atoms with Crippen molar-refractivity contribution >= 4 is 28.4 Å². The van der Waals surface area contributed by atoms with Crippen molar-refractivity contribution in [2.24, 2.45) is 0 Å². The highest BCUT2D eigenvalue weighted by atomic mass is 19.4. The third kappa shape index (κ3) is 6.29. The number of halogens is 3. The molecule has 2 aromatic heterocycles. The molecule has 0 aliphatic carbocycles. The third-order valence-electron chi connectivity index (χ3n) is 8.09. The number of likely N-dealkylation sites (tertiary alicyclic amines) is 1. The summed E-state index contributed by atoms with van der Waals surface area (Å²) in [5, 5.41) is 14.8. The van der Waals surface area contributed by atoms with Gasteiger partial charge in [0.05, 0.1) is 28.0 Å². The summed E-state index contributed by atoms with van der Waals surface area (Å²) < 4.78 is 47.1. The molecule has 236 valence electrons. The predicted octanol–water partition coefficient (Wildman–Crippen LogP) is 6.70. The van der Waals surface area contributed by atoms with Gasteiger partial charge in [-0.1, -0.05) is 12.1 Å². The zero-order valence-corrected chi connectivity index (χ0v) is 25.1. The molecule has 3 aromatic carbocycles. The number of anilines is 2. The van der Waals surface area contributed by atoms with E-state index in [0.29, 0.717) is 46.1 Å². The van der Waals surface area contributed by atoms with E-state index in [2.05, 4.69) is 25.2 Å². The monoisotopic (exact) mass is 628 g/mol. The number of ether oxygens (including phenoxy) is 1. The van der Waals surface area contributed by atoms with E-state index >= 15 is 0 Å². The summed E-state index contributed by atoms with van der Waals surface area (Å²) in [5.74, 6) is -0.582. The molecule has 1 fully saturated rings. The largest absolute Gasteiger partial charge is 0.507 e. The SMILES string of the molecule is Cc1ccc(C(=O)Nc2cc(C(F)(F)F)ccc2OC2CCN(C)CC2)cc1-c1cc2cnc(N)nc2c(-c2ccccn2)c1O. The number of piperidine rings is 1. The number of alkyl halides is 3. The Bertz CT molecular complexity index is 1930. The number of hydrogen-bond donors (Lipinski definition) is 3. The zero-order chi connectivity index (χ0) is 32.6. The number of hydrogen-bond acceptors (Lipinski definition) is 8. The second-order valence-electron chi connectivity index (χ2n) is 11.3. The predicted molar refractivity (Wildman–Crippen MR) is 170 cm³/mol. The summed E-state index contributed by atoms with van der Waals surface area (Å²) in [6, 6.07) is 14.9. The molecule has 4 N–H and O–H groups in total. The van der Waals surface area contributed by atoms with Crippen LogP contribution in [0.5, 0.6) is 11.5 Å². The molecule has 0 bridgehead atoms. The minimum atomic E-state index is -4.62. The van der Waals surface area contributed by atoms with Gasteiger partial charge in [-0.05, 0) is 86.5 Å². The number of nitrogens with two attached hydrogens (primary N) is 1. The smallest absolute Gasteiger partial charge is 0.416 e. The Morgan fingerprint density at radius 2 is 1.83 bits per heavy atom. The number of rotatable bonds is 6. The van der Waals surface area contributed by atoms with E-state index in [1.54, 1.807) is 54.9 Å². The second-order valence-corrected chi connectivity index (χ2v) is 11.3. The number of pyridine rings is 1. The molecule has 0 radical (unpaired) electrons. The average molecular weight is 629 g/mol. The molecule has 0 atom stereocenters. The molecule has 46 heavy (non-hydrogen) atoms. The summed E-state index contributed by atoms with van der Waals surface area (Å²) in [6.07, 6.45) is -0.266. The van der Waals surface area contributed by atoms with E-state index in [-0.39, 0.29) is 34.8 Å². The van der Waals surface area contributed by atoms with Crippen molar-refractivity contribution in [1.82, 2.24) is 19.9 Å². The first-order valence-electron chi connectivity index (χ1n) is 14.7. The average Bonchev–Trinajstić information content (AvgIpc) is 3.03. The minimum absolute atomic E-state index is 0.0282. The van der Waals surface area contributed by atoms with Crippen LogP contribution in [0.15, 0.2) is 73.1 Å². The van der Waals surface area contributed by atoms with E-state index in [1.165, 1.54) is 6.07 Å². The lowest BCUT2D eigenvalue weighted by atomic mass is 9.92. The maximum atomic E-state index is 13.7. The van der Waals surface area contributed by atoms with Crippen molar-refractivity contribution in [3.63, 3.8) is 0 Å². The van der Waals surface area contributed by atoms with E-state index < -0.39 is 17.6 Å². The molecule has 1 aliphatic heterocycles. The van der Waals surface area contributed by atoms with Gasteiger partial charge in [-0.25, -0.2) is 9.97 Å². The van der Waals surface area contributed by atoms with Crippen LogP contribution in [0.4, 0.5) is 24.8 Å². The molecule has 3 heterocycles. The molecule has 1 saturated heterocycles. The van der Waals surface area contributed by atoms with Gasteiger partial charge in [-0.3, -0.25) is 9.78 Å². The summed E-state index contributed by atoms with van der Waals surface area (Å²) in [4.78, 5) is 28.6. The number of fused-ring (bicyclic) bond motifs is 1. The van der Waals surface area contributed by atoms with Crippen LogP contribution in [0.1, 0.15) is 34.3 Å². The lowest BCUT2D eigenvalue weighted by Gasteiger charge is -2.30. The van der Waals surface area contributed by atoms with Gasteiger partial charge in [0.1, 0.15) is 17.6 Å². The highest BCUT2D eigenvalue weighted by Gasteiger charge is 2.32. The molecule has 9 nitrogen and oxygen atoms in total. The molecular weight excluding hydrogens is 597 g/mol. The van der Waals surface area contributed by atoms with Gasteiger partial charge in [0, 0.05) is 42.0 Å². The van der Waals surface area contributed by atoms with Gasteiger partial charge in [0.2, 0.25) is 5.95 Å². The van der Waals surface area contributed by atoms with Crippen LogP contribution in [-0.2, 0) is 6.18 Å². The van der Waals surface area contributed by atoms with Crippen molar-refractivity contribution < 1.29 is 27.8 Å². The molecule has 0 spiro atoms. The van der Waals surface area contributed by atoms with E-state index in [4.69, 9.17) is 10.5 Å². The molecule has 0 unspecified atom stereocenters. The maximum Gasteiger partial charge on any atom is 0.416 e. The highest BCUT2D eigenvalue weighted by molar-refractivity contribution is 6.07. The maximum absolute atomic E-state index is 13.7. The van der Waals surface area contributed by atoms with Gasteiger partial charge in [-0.2, -0.15) is 13.2 Å². The normalized spacial score (nSPS) is 14.4. The fraction of sp³-hybridized carbons (Fsp3) is 0.235. The Balaban J connectivity index is 1.39. The van der Waals surface area contributed by atoms with Gasteiger partial charge in [0.15, 0.2) is 0 Å². The number of nitrogen functional groups attached to an aromatic ring is 1. The van der Waals surface area contributed by atoms with E-state index in [1.807, 2.05) is 14.0 Å². The number of carbonyl (C=O) groups excluding carboxylic acids is 1. The first-order chi connectivity index (χ1) is 22.0. The van der Waals surface area contributed by atoms with Gasteiger partial charge in [-0.15, -0.1) is 0 Å². The minimum Gasteiger partial charge on any atom is -0.507 e. The number of phenolic OH excluding ortho intramolecular Hbond substituents is 1. The van der Waals surface area contributed by atoms with Crippen molar-refractivity contribution in [3.05, 3.63) is 89.7 Å². The Morgan fingerprint density at radius 1 is 1.04 bits per heavy atom. The summed E-state index contributed by atoms with van der Waals surface area (Å²) in [6.45, 7) is 3.41. The number of aromatic nitrogens is 3. The highest BCUT2D eigenvalue weighted by Crippen LogP contribution is 2.43. The van der Waals surface area contributed by atoms with Crippen molar-refractivity contribution in [2.45, 2.75) is 32.0 Å². The van der Waals surface area contributed by atoms with Crippen molar-refractivity contribution in [1.29, 1.82) is 0 Å². The van der Waals surface area contributed by atoms with Crippen LogP contribution in [-0.4, -0.2) is 57.1 Å². The summed E-state index contributed by atoms with van der Waals surface area (Å²) in [7, 11) is 2.00. The lowest BCUT2D eigenvalue weighted by Crippen LogP contribution is -2.35. The molecule has 0 saturated carbocycles. The van der Waals surface area contributed by atoms with Crippen LogP contribution < -0.4 is 15.8 Å². The Labute approximate surface area is 262 Å². The van der Waals surface area contributed by atoms with Crippen LogP contribution in [0.2, 0.25) is 0 Å². The number of nitrogens with zero attached hydrogens (tertiary/aromatic N) is 4. The third-order valence-corrected chi connectivity index (χ3v) is 8.09. The Hall–Kier alpha value is -5.23. The van der Waals surface area contributed by atoms with Crippen LogP contribution >= 0.6 is 0 Å². The molecule has 6 rings (SSSR count). The summed E-state index contributed by atoms with van der Waals surface area (Å²) in [5.41, 5.74) is 7.89. The zero-order valence-electron chi connectivity index (χ0n) is 25.1. The van der Waals surface area contributed by atoms with Gasteiger partial charge < -0.3 is 25.8 Å². The Kier molecular flexibility index (Phi) is 8.22. The fourth-order valence-corrected chi connectivity index (χ4v) is 5.58. The standard InChI is InChI=1S/C34H31F3N6O3/c1-19-6-7-20(32(45)41-27-17-22(34(35,36)37)8-9-28(27)46-23-10-13-43(2)14-11-23)15-24(19)25-16-21-18-40-33(38)42-30(21)29(31(25)44)26-5-3-4-12-39-26/h3-9,12,15-18,23,44H,10-11,13-14H2,1-2H3,(H,41,45)(H2,38,40,42). The van der Waals surface area contributed by atoms with E-state index in [9.17, 15) is 23.1 Å². The quantitative estimate of drug-likeness (QED) is 0.190. The molecule has 12 heteroatoms. The van der Waals surface area contributed by atoms with Crippen molar-refractivity contribution in [3.8, 4) is 33.9 Å². The number of aromatic hydroxyl groups is 1. The molecular formula is C34H31F3N6O3. The second kappa shape index (κ2) is 12.3. The molecule has 5 aromatic rings. The molecule has 1 aliphatic rings. The van der Waals surface area contributed by atoms with E-state index in [0.717, 1.165) is 30.8 Å². The Morgan fingerprint density at radius 3 is 2.54 bits per heavy atom. The molecule has 1 amide bonds.